The van der Waals surface area contributed by atoms with Gasteiger partial charge in [0.25, 0.3) is 0 Å². The Morgan fingerprint density at radius 2 is 2.20 bits per heavy atom. The fourth-order valence-electron chi connectivity index (χ4n) is 0.816. The molecule has 1 aliphatic heterocycles. The third kappa shape index (κ3) is 1.37. The van der Waals surface area contributed by atoms with Crippen molar-refractivity contribution in [2.75, 3.05) is 13.2 Å². The summed E-state index contributed by atoms with van der Waals surface area (Å²) in [5, 5.41) is 0. The molecule has 0 aliphatic carbocycles. The van der Waals surface area contributed by atoms with Crippen molar-refractivity contribution in [3.05, 3.63) is 12.4 Å². The first-order chi connectivity index (χ1) is 4.74. The Morgan fingerprint density at radius 3 is 2.50 bits per heavy atom. The third-order valence-electron chi connectivity index (χ3n) is 1.47. The maximum atomic E-state index is 11.9. The quantitative estimate of drug-likeness (QED) is 0.544. The van der Waals surface area contributed by atoms with Gasteiger partial charge in [0.1, 0.15) is 0 Å². The molecular formula is C6H10F2N2. The lowest BCUT2D eigenvalue weighted by Crippen LogP contribution is -2.28. The van der Waals surface area contributed by atoms with E-state index in [1.807, 2.05) is 11.8 Å². The molecule has 0 unspecified atom stereocenters. The number of hydrogen-bond acceptors (Lipinski definition) is 2. The smallest absolute Gasteiger partial charge is 0.316 e. The molecule has 10 heavy (non-hydrogen) atoms. The second-order valence-corrected chi connectivity index (χ2v) is 2.14. The van der Waals surface area contributed by atoms with Gasteiger partial charge in [0.05, 0.1) is 6.67 Å². The van der Waals surface area contributed by atoms with Gasteiger partial charge in [0.15, 0.2) is 0 Å². The minimum absolute atomic E-state index is 0.314. The average Bonchev–Trinajstić information content (AvgIpc) is 2.34. The Morgan fingerprint density at radius 1 is 1.50 bits per heavy atom. The van der Waals surface area contributed by atoms with Crippen molar-refractivity contribution >= 4 is 0 Å². The predicted octanol–water partition coefficient (Wildman–Crippen LogP) is 1.28. The highest BCUT2D eigenvalue weighted by atomic mass is 19.3. The van der Waals surface area contributed by atoms with Crippen LogP contribution in [0.25, 0.3) is 0 Å². The highest BCUT2D eigenvalue weighted by molar-refractivity contribution is 4.89. The molecule has 0 spiro atoms. The summed E-state index contributed by atoms with van der Waals surface area (Å²) >= 11 is 0. The molecule has 0 saturated carbocycles. The molecule has 4 heteroatoms. The van der Waals surface area contributed by atoms with Crippen LogP contribution in [0.3, 0.4) is 0 Å². The van der Waals surface area contributed by atoms with E-state index in [2.05, 4.69) is 0 Å². The Kier molecular flexibility index (Phi) is 2.09. The Bertz CT molecular complexity index is 136. The Labute approximate surface area is 58.7 Å². The lowest BCUT2D eigenvalue weighted by molar-refractivity contribution is -0.00384. The number of rotatable bonds is 2. The number of hydrogen-bond donors (Lipinski definition) is 0. The van der Waals surface area contributed by atoms with Gasteiger partial charge >= 0.3 is 6.55 Å². The molecule has 1 heterocycles. The van der Waals surface area contributed by atoms with Crippen LogP contribution >= 0.6 is 0 Å². The Hall–Kier alpha value is -0.800. The first-order valence-electron chi connectivity index (χ1n) is 3.20. The van der Waals surface area contributed by atoms with Gasteiger partial charge in [-0.2, -0.15) is 8.78 Å². The number of alkyl halides is 2. The SMILES string of the molecule is CCN1C=CN(C(F)F)C1. The molecule has 1 rings (SSSR count). The first-order valence-corrected chi connectivity index (χ1v) is 3.20. The van der Waals surface area contributed by atoms with E-state index in [1.54, 1.807) is 6.20 Å². The second kappa shape index (κ2) is 2.86. The van der Waals surface area contributed by atoms with Crippen molar-refractivity contribution < 1.29 is 8.78 Å². The van der Waals surface area contributed by atoms with E-state index in [0.717, 1.165) is 11.4 Å². The highest BCUT2D eigenvalue weighted by Crippen LogP contribution is 2.11. The standard InChI is InChI=1S/C6H10F2N2/c1-2-9-3-4-10(5-9)6(7)8/h3-4,6H,2,5H2,1H3. The van der Waals surface area contributed by atoms with E-state index < -0.39 is 6.55 Å². The second-order valence-electron chi connectivity index (χ2n) is 2.14. The van der Waals surface area contributed by atoms with Crippen LogP contribution in [-0.4, -0.2) is 29.6 Å². The van der Waals surface area contributed by atoms with Gasteiger partial charge in [-0.3, -0.25) is 0 Å². The van der Waals surface area contributed by atoms with Gasteiger partial charge in [0.2, 0.25) is 0 Å². The fourth-order valence-corrected chi connectivity index (χ4v) is 0.816. The zero-order chi connectivity index (χ0) is 7.56. The summed E-state index contributed by atoms with van der Waals surface area (Å²) in [7, 11) is 0. The summed E-state index contributed by atoms with van der Waals surface area (Å²) in [5.41, 5.74) is 0. The molecule has 58 valence electrons. The molecule has 0 aromatic carbocycles. The zero-order valence-corrected chi connectivity index (χ0v) is 5.80. The molecule has 0 bridgehead atoms. The Balaban J connectivity index is 2.37. The molecule has 0 aromatic heterocycles. The fraction of sp³-hybridized carbons (Fsp3) is 0.667. The molecule has 1 aliphatic rings. The van der Waals surface area contributed by atoms with Crippen molar-refractivity contribution in [3.8, 4) is 0 Å². The summed E-state index contributed by atoms with van der Waals surface area (Å²) < 4.78 is 23.8. The summed E-state index contributed by atoms with van der Waals surface area (Å²) in [6, 6.07) is 0. The number of halogens is 2. The molecule has 0 fully saturated rings. The average molecular weight is 148 g/mol. The van der Waals surface area contributed by atoms with Crippen molar-refractivity contribution in [2.45, 2.75) is 13.5 Å². The lowest BCUT2D eigenvalue weighted by atomic mass is 10.6. The van der Waals surface area contributed by atoms with Crippen LogP contribution in [0.1, 0.15) is 6.92 Å². The van der Waals surface area contributed by atoms with Gasteiger partial charge in [-0.15, -0.1) is 0 Å². The minimum Gasteiger partial charge on any atom is -0.359 e. The molecule has 0 saturated heterocycles. The predicted molar refractivity (Wildman–Crippen MR) is 34.2 cm³/mol. The van der Waals surface area contributed by atoms with Crippen LogP contribution in [-0.2, 0) is 0 Å². The van der Waals surface area contributed by atoms with E-state index in [4.69, 9.17) is 0 Å². The maximum Gasteiger partial charge on any atom is 0.316 e. The van der Waals surface area contributed by atoms with E-state index in [-0.39, 0.29) is 0 Å². The van der Waals surface area contributed by atoms with Gasteiger partial charge in [-0.05, 0) is 6.92 Å². The van der Waals surface area contributed by atoms with Gasteiger partial charge < -0.3 is 9.80 Å². The van der Waals surface area contributed by atoms with Gasteiger partial charge in [0, 0.05) is 18.9 Å². The third-order valence-corrected chi connectivity index (χ3v) is 1.47. The molecule has 0 atom stereocenters. The van der Waals surface area contributed by atoms with Crippen LogP contribution in [0, 0.1) is 0 Å². The van der Waals surface area contributed by atoms with Crippen molar-refractivity contribution in [1.82, 2.24) is 9.80 Å². The summed E-state index contributed by atoms with van der Waals surface area (Å²) in [6.45, 7) is 0.653. The first kappa shape index (κ1) is 7.31. The van der Waals surface area contributed by atoms with Crippen molar-refractivity contribution in [2.24, 2.45) is 0 Å². The zero-order valence-electron chi connectivity index (χ0n) is 5.80. The largest absolute Gasteiger partial charge is 0.359 e. The van der Waals surface area contributed by atoms with Crippen LogP contribution in [0.4, 0.5) is 8.78 Å². The van der Waals surface area contributed by atoms with Crippen molar-refractivity contribution in [3.63, 3.8) is 0 Å². The lowest BCUT2D eigenvalue weighted by Gasteiger charge is -2.18. The van der Waals surface area contributed by atoms with E-state index >= 15 is 0 Å². The molecular weight excluding hydrogens is 138 g/mol. The summed E-state index contributed by atoms with van der Waals surface area (Å²) in [5.74, 6) is 0. The normalized spacial score (nSPS) is 17.6. The van der Waals surface area contributed by atoms with Gasteiger partial charge in [-0.1, -0.05) is 0 Å². The topological polar surface area (TPSA) is 6.48 Å². The van der Waals surface area contributed by atoms with Crippen LogP contribution < -0.4 is 0 Å². The molecule has 0 aromatic rings. The number of nitrogens with zero attached hydrogens (tertiary/aromatic N) is 2. The van der Waals surface area contributed by atoms with Gasteiger partial charge in [-0.25, -0.2) is 0 Å². The van der Waals surface area contributed by atoms with Crippen molar-refractivity contribution in [1.29, 1.82) is 0 Å². The van der Waals surface area contributed by atoms with Crippen LogP contribution in [0.2, 0.25) is 0 Å². The highest BCUT2D eigenvalue weighted by Gasteiger charge is 2.17. The van der Waals surface area contributed by atoms with Crippen LogP contribution in [0.15, 0.2) is 12.4 Å². The monoisotopic (exact) mass is 148 g/mol. The van der Waals surface area contributed by atoms with E-state index in [0.29, 0.717) is 6.67 Å². The summed E-state index contributed by atoms with van der Waals surface area (Å²) in [4.78, 5) is 2.80. The maximum absolute atomic E-state index is 11.9. The van der Waals surface area contributed by atoms with E-state index in [9.17, 15) is 8.78 Å². The van der Waals surface area contributed by atoms with Crippen LogP contribution in [0.5, 0.6) is 0 Å². The molecule has 0 amide bonds. The minimum atomic E-state index is -2.37. The van der Waals surface area contributed by atoms with E-state index in [1.165, 1.54) is 6.20 Å². The molecule has 0 N–H and O–H groups in total. The summed E-state index contributed by atoms with van der Waals surface area (Å²) in [6.07, 6.45) is 3.08. The molecule has 0 radical (unpaired) electrons. The molecule has 2 nitrogen and oxygen atoms in total.